The lowest BCUT2D eigenvalue weighted by molar-refractivity contribution is 0.0743. The molecule has 0 spiro atoms. The molecule has 9 heteroatoms. The molecule has 1 amide bonds. The Labute approximate surface area is 157 Å². The number of fused-ring (bicyclic) bond motifs is 1. The monoisotopic (exact) mass is 390 g/mol. The Kier molecular flexibility index (Phi) is 3.97. The van der Waals surface area contributed by atoms with Crippen molar-refractivity contribution in [3.63, 3.8) is 0 Å². The van der Waals surface area contributed by atoms with Crippen LogP contribution in [0.1, 0.15) is 21.6 Å². The van der Waals surface area contributed by atoms with E-state index >= 15 is 0 Å². The maximum absolute atomic E-state index is 12.8. The maximum Gasteiger partial charge on any atom is 0.273 e. The first kappa shape index (κ1) is 16.7. The fraction of sp³-hybridized carbons (Fsp3) is 0.118. The van der Waals surface area contributed by atoms with Crippen molar-refractivity contribution in [2.24, 2.45) is 0 Å². The van der Waals surface area contributed by atoms with Crippen LogP contribution in [0, 0.1) is 0 Å². The lowest BCUT2D eigenvalue weighted by Crippen LogP contribution is -2.26. The Balaban J connectivity index is 1.62. The molecule has 0 radical (unpaired) electrons. The van der Waals surface area contributed by atoms with Gasteiger partial charge in [0.05, 0.1) is 28.8 Å². The van der Waals surface area contributed by atoms with Gasteiger partial charge >= 0.3 is 0 Å². The molecule has 0 aliphatic carbocycles. The van der Waals surface area contributed by atoms with Gasteiger partial charge in [-0.05, 0) is 18.2 Å². The summed E-state index contributed by atoms with van der Waals surface area (Å²) in [6, 6.07) is 6.64. The summed E-state index contributed by atoms with van der Waals surface area (Å²) in [6.45, 7) is 0.367. The molecule has 0 saturated heterocycles. The van der Waals surface area contributed by atoms with Crippen molar-refractivity contribution in [1.82, 2.24) is 19.9 Å². The third-order valence-electron chi connectivity index (χ3n) is 4.26. The lowest BCUT2D eigenvalue weighted by Gasteiger charge is -2.15. The summed E-state index contributed by atoms with van der Waals surface area (Å²) in [4.78, 5) is 24.9. The van der Waals surface area contributed by atoms with E-state index < -0.39 is 0 Å². The minimum absolute atomic E-state index is 0.132. The van der Waals surface area contributed by atoms with Crippen molar-refractivity contribution in [1.29, 1.82) is 0 Å². The minimum atomic E-state index is -0.330. The average molecular weight is 391 g/mol. The minimum Gasteiger partial charge on any atom is -0.494 e. The van der Waals surface area contributed by atoms with Crippen molar-refractivity contribution >= 4 is 29.1 Å². The van der Waals surface area contributed by atoms with Gasteiger partial charge < -0.3 is 15.1 Å². The first-order valence-corrected chi connectivity index (χ1v) is 8.38. The van der Waals surface area contributed by atoms with E-state index in [4.69, 9.17) is 23.2 Å². The second kappa shape index (κ2) is 6.19. The van der Waals surface area contributed by atoms with Gasteiger partial charge in [-0.1, -0.05) is 29.3 Å². The quantitative estimate of drug-likeness (QED) is 0.622. The standard InChI is InChI=1S/C17H12Cl2N4O3/c18-11-2-1-8(3-12(11)19)13-4-14(21-7-20-13)17(26)23-5-9-10(6-23)16(25)22-15(9)24/h1-4,7,22,24-25H,5-6H2. The van der Waals surface area contributed by atoms with Gasteiger partial charge in [-0.3, -0.25) is 9.78 Å². The number of rotatable bonds is 2. The number of aromatic hydroxyl groups is 2. The molecule has 1 aliphatic rings. The SMILES string of the molecule is O=C(c1cc(-c2ccc(Cl)c(Cl)c2)ncn1)N1Cc2c(O)[nH]c(O)c2C1. The molecule has 0 bridgehead atoms. The summed E-state index contributed by atoms with van der Waals surface area (Å²) < 4.78 is 0. The van der Waals surface area contributed by atoms with Crippen molar-refractivity contribution < 1.29 is 15.0 Å². The van der Waals surface area contributed by atoms with Gasteiger partial charge in [-0.2, -0.15) is 0 Å². The van der Waals surface area contributed by atoms with Crippen molar-refractivity contribution in [3.8, 4) is 23.0 Å². The predicted octanol–water partition coefficient (Wildman–Crippen LogP) is 3.35. The number of benzene rings is 1. The fourth-order valence-corrected chi connectivity index (χ4v) is 3.22. The van der Waals surface area contributed by atoms with Gasteiger partial charge in [-0.25, -0.2) is 9.97 Å². The van der Waals surface area contributed by atoms with Crippen LogP contribution >= 0.6 is 23.2 Å². The van der Waals surface area contributed by atoms with Gasteiger partial charge in [0.2, 0.25) is 0 Å². The smallest absolute Gasteiger partial charge is 0.273 e. The van der Waals surface area contributed by atoms with E-state index in [0.29, 0.717) is 32.4 Å². The van der Waals surface area contributed by atoms with E-state index in [1.165, 1.54) is 11.2 Å². The van der Waals surface area contributed by atoms with Crippen LogP contribution < -0.4 is 0 Å². The molecule has 1 aliphatic heterocycles. The summed E-state index contributed by atoms with van der Waals surface area (Å²) in [7, 11) is 0. The fourth-order valence-electron chi connectivity index (χ4n) is 2.92. The molecule has 4 rings (SSSR count). The van der Waals surface area contributed by atoms with Crippen LogP contribution in [0.5, 0.6) is 11.8 Å². The highest BCUT2D eigenvalue weighted by molar-refractivity contribution is 6.42. The zero-order valence-electron chi connectivity index (χ0n) is 13.2. The van der Waals surface area contributed by atoms with E-state index in [1.807, 2.05) is 0 Å². The lowest BCUT2D eigenvalue weighted by atomic mass is 10.1. The molecule has 0 unspecified atom stereocenters. The van der Waals surface area contributed by atoms with Crippen molar-refractivity contribution in [2.75, 3.05) is 0 Å². The number of aromatic nitrogens is 3. The molecule has 2 aromatic heterocycles. The average Bonchev–Trinajstić information content (AvgIpc) is 3.18. The Bertz CT molecular complexity index is 1010. The van der Waals surface area contributed by atoms with Crippen molar-refractivity contribution in [2.45, 2.75) is 13.1 Å². The largest absolute Gasteiger partial charge is 0.494 e. The van der Waals surface area contributed by atoms with Gasteiger partial charge in [0.15, 0.2) is 11.8 Å². The number of amides is 1. The Hall–Kier alpha value is -2.77. The number of carbonyl (C=O) groups is 1. The highest BCUT2D eigenvalue weighted by Gasteiger charge is 2.31. The Morgan fingerprint density at radius 3 is 2.38 bits per heavy atom. The molecule has 1 aromatic carbocycles. The number of H-pyrrole nitrogens is 1. The third-order valence-corrected chi connectivity index (χ3v) is 5.00. The van der Waals surface area contributed by atoms with Crippen LogP contribution in [0.4, 0.5) is 0 Å². The van der Waals surface area contributed by atoms with Gasteiger partial charge in [0, 0.05) is 16.7 Å². The van der Waals surface area contributed by atoms with Crippen LogP contribution in [-0.2, 0) is 13.1 Å². The molecule has 3 aromatic rings. The second-order valence-corrected chi connectivity index (χ2v) is 6.67. The van der Waals surface area contributed by atoms with Crippen LogP contribution in [0.3, 0.4) is 0 Å². The number of carbonyl (C=O) groups excluding carboxylic acids is 1. The number of nitrogens with zero attached hydrogens (tertiary/aromatic N) is 3. The maximum atomic E-state index is 12.8. The molecule has 0 atom stereocenters. The number of halogens is 2. The van der Waals surface area contributed by atoms with E-state index in [-0.39, 0.29) is 36.5 Å². The van der Waals surface area contributed by atoms with Gasteiger partial charge in [0.25, 0.3) is 5.91 Å². The zero-order chi connectivity index (χ0) is 18.4. The third kappa shape index (κ3) is 2.75. The molecule has 3 heterocycles. The van der Waals surface area contributed by atoms with E-state index in [2.05, 4.69) is 15.0 Å². The molecule has 26 heavy (non-hydrogen) atoms. The highest BCUT2D eigenvalue weighted by Crippen LogP contribution is 2.37. The highest BCUT2D eigenvalue weighted by atomic mass is 35.5. The van der Waals surface area contributed by atoms with E-state index in [9.17, 15) is 15.0 Å². The topological polar surface area (TPSA) is 102 Å². The summed E-state index contributed by atoms with van der Waals surface area (Å²) in [5.74, 6) is -0.595. The first-order valence-electron chi connectivity index (χ1n) is 7.62. The molecule has 132 valence electrons. The number of aromatic amines is 1. The number of hydrogen-bond donors (Lipinski definition) is 3. The van der Waals surface area contributed by atoms with Crippen LogP contribution in [0.2, 0.25) is 10.0 Å². The summed E-state index contributed by atoms with van der Waals surface area (Å²) in [5.41, 5.74) is 2.46. The molecule has 7 nitrogen and oxygen atoms in total. The van der Waals surface area contributed by atoms with Crippen molar-refractivity contribution in [3.05, 3.63) is 57.5 Å². The predicted molar refractivity (Wildman–Crippen MR) is 95.2 cm³/mol. The van der Waals surface area contributed by atoms with Crippen LogP contribution in [0.25, 0.3) is 11.3 Å². The van der Waals surface area contributed by atoms with Crippen LogP contribution in [0.15, 0.2) is 30.6 Å². The molecule has 0 fully saturated rings. The number of hydrogen-bond acceptors (Lipinski definition) is 5. The molecular formula is C17H12Cl2N4O3. The van der Waals surface area contributed by atoms with Gasteiger partial charge in [-0.15, -0.1) is 0 Å². The van der Waals surface area contributed by atoms with E-state index in [0.717, 1.165) is 0 Å². The Morgan fingerprint density at radius 2 is 1.73 bits per heavy atom. The summed E-state index contributed by atoms with van der Waals surface area (Å²) >= 11 is 12.0. The van der Waals surface area contributed by atoms with Crippen LogP contribution in [-0.4, -0.2) is 36.0 Å². The second-order valence-electron chi connectivity index (χ2n) is 5.86. The Morgan fingerprint density at radius 1 is 1.04 bits per heavy atom. The van der Waals surface area contributed by atoms with E-state index in [1.54, 1.807) is 24.3 Å². The summed E-state index contributed by atoms with van der Waals surface area (Å²) in [6.07, 6.45) is 1.30. The normalized spacial score (nSPS) is 13.1. The first-order chi connectivity index (χ1) is 12.4. The summed E-state index contributed by atoms with van der Waals surface area (Å²) in [5, 5.41) is 20.3. The zero-order valence-corrected chi connectivity index (χ0v) is 14.7. The molecular weight excluding hydrogens is 379 g/mol. The van der Waals surface area contributed by atoms with Gasteiger partial charge in [0.1, 0.15) is 12.0 Å². The molecule has 0 saturated carbocycles. The number of nitrogens with one attached hydrogen (secondary N) is 1. The molecule has 3 N–H and O–H groups in total.